The van der Waals surface area contributed by atoms with Gasteiger partial charge in [-0.2, -0.15) is 0 Å². The van der Waals surface area contributed by atoms with Gasteiger partial charge in [-0.05, 0) is 57.4 Å². The van der Waals surface area contributed by atoms with E-state index in [0.29, 0.717) is 11.1 Å². The first-order valence-corrected chi connectivity index (χ1v) is 7.54. The predicted molar refractivity (Wildman–Crippen MR) is 81.2 cm³/mol. The van der Waals surface area contributed by atoms with Crippen LogP contribution in [0, 0.1) is 0 Å². The minimum absolute atomic E-state index is 0.0475. The van der Waals surface area contributed by atoms with Crippen molar-refractivity contribution in [2.45, 2.75) is 44.8 Å². The third kappa shape index (κ3) is 4.64. The molecule has 106 valence electrons. The molecule has 1 fully saturated rings. The summed E-state index contributed by atoms with van der Waals surface area (Å²) in [6, 6.07) is 5.66. The average molecular weight is 302 g/mol. The average Bonchev–Trinajstić information content (AvgIpc) is 2.67. The highest BCUT2D eigenvalue weighted by Crippen LogP contribution is 2.28. The van der Waals surface area contributed by atoms with Gasteiger partial charge in [0.1, 0.15) is 0 Å². The van der Waals surface area contributed by atoms with Gasteiger partial charge >= 0.3 is 0 Å². The fourth-order valence-electron chi connectivity index (χ4n) is 2.43. The van der Waals surface area contributed by atoms with Crippen LogP contribution in [0.4, 0.5) is 0 Å². The summed E-state index contributed by atoms with van der Waals surface area (Å²) in [6.45, 7) is 6.12. The Morgan fingerprint density at radius 1 is 1.37 bits per heavy atom. The van der Waals surface area contributed by atoms with Crippen LogP contribution in [0.2, 0.25) is 10.0 Å². The molecule has 0 spiro atoms. The fraction of sp³-hybridized carbons (Fsp3) is 0.600. The van der Waals surface area contributed by atoms with E-state index in [1.807, 2.05) is 12.1 Å². The smallest absolute Gasteiger partial charge is 0.0707 e. The van der Waals surface area contributed by atoms with Gasteiger partial charge < -0.3 is 10.1 Å². The Morgan fingerprint density at radius 2 is 2.16 bits per heavy atom. The lowest BCUT2D eigenvalue weighted by molar-refractivity contribution is -0.0140. The molecule has 1 aliphatic rings. The molecule has 1 heterocycles. The highest BCUT2D eigenvalue weighted by atomic mass is 35.5. The second-order valence-corrected chi connectivity index (χ2v) is 6.57. The molecule has 2 nitrogen and oxygen atoms in total. The molecule has 0 aromatic heterocycles. The Bertz CT molecular complexity index is 434. The zero-order valence-corrected chi connectivity index (χ0v) is 13.0. The number of nitrogens with one attached hydrogen (secondary N) is 1. The first-order chi connectivity index (χ1) is 8.96. The van der Waals surface area contributed by atoms with Crippen molar-refractivity contribution in [3.63, 3.8) is 0 Å². The van der Waals surface area contributed by atoms with Crippen molar-refractivity contribution in [3.05, 3.63) is 33.8 Å². The minimum Gasteiger partial charge on any atom is -0.371 e. The third-order valence-corrected chi connectivity index (χ3v) is 4.10. The molecule has 1 aromatic carbocycles. The number of benzene rings is 1. The molecule has 4 heteroatoms. The van der Waals surface area contributed by atoms with Gasteiger partial charge in [0.15, 0.2) is 0 Å². The summed E-state index contributed by atoms with van der Waals surface area (Å²) in [4.78, 5) is 0. The molecule has 1 saturated heterocycles. The zero-order valence-electron chi connectivity index (χ0n) is 11.5. The molecule has 0 bridgehead atoms. The quantitative estimate of drug-likeness (QED) is 0.827. The highest BCUT2D eigenvalue weighted by Gasteiger charge is 2.30. The van der Waals surface area contributed by atoms with Gasteiger partial charge in [-0.15, -0.1) is 0 Å². The van der Waals surface area contributed by atoms with E-state index in [4.69, 9.17) is 27.9 Å². The Labute approximate surface area is 125 Å². The molecular formula is C15H21Cl2NO. The van der Waals surface area contributed by atoms with Gasteiger partial charge in [-0.3, -0.25) is 0 Å². The summed E-state index contributed by atoms with van der Waals surface area (Å²) in [5.74, 6) is 0. The molecule has 1 N–H and O–H groups in total. The molecular weight excluding hydrogens is 281 g/mol. The lowest BCUT2D eigenvalue weighted by atomic mass is 10.1. The molecule has 19 heavy (non-hydrogen) atoms. The number of ether oxygens (including phenoxy) is 1. The summed E-state index contributed by atoms with van der Waals surface area (Å²) in [6.07, 6.45) is 3.53. The van der Waals surface area contributed by atoms with Gasteiger partial charge in [0.25, 0.3) is 0 Å². The van der Waals surface area contributed by atoms with Gasteiger partial charge in [-0.1, -0.05) is 29.3 Å². The first-order valence-electron chi connectivity index (χ1n) is 6.79. The molecule has 0 aliphatic carbocycles. The standard InChI is InChI=1S/C15H21Cl2NO/c1-15(2)7-5-13(19-15)10-18-8-6-11-3-4-12(16)9-14(11)17/h3-4,9,13,18H,5-8,10H2,1-2H3. The summed E-state index contributed by atoms with van der Waals surface area (Å²) in [5.41, 5.74) is 1.18. The maximum Gasteiger partial charge on any atom is 0.0707 e. The molecule has 1 atom stereocenters. The maximum atomic E-state index is 6.14. The molecule has 1 aromatic rings. The van der Waals surface area contributed by atoms with Crippen LogP contribution in [0.3, 0.4) is 0 Å². The summed E-state index contributed by atoms with van der Waals surface area (Å²) >= 11 is 12.0. The second-order valence-electron chi connectivity index (χ2n) is 5.73. The summed E-state index contributed by atoms with van der Waals surface area (Å²) in [5, 5.41) is 4.87. The van der Waals surface area contributed by atoms with Crippen molar-refractivity contribution in [1.82, 2.24) is 5.32 Å². The van der Waals surface area contributed by atoms with Crippen LogP contribution in [0.1, 0.15) is 32.3 Å². The molecule has 0 amide bonds. The van der Waals surface area contributed by atoms with Gasteiger partial charge in [0, 0.05) is 16.6 Å². The Hall–Kier alpha value is -0.280. The van der Waals surface area contributed by atoms with Crippen LogP contribution in [-0.4, -0.2) is 24.8 Å². The third-order valence-electron chi connectivity index (χ3n) is 3.51. The lowest BCUT2D eigenvalue weighted by Gasteiger charge is -2.19. The predicted octanol–water partition coefficient (Wildman–Crippen LogP) is 4.08. The van der Waals surface area contributed by atoms with E-state index < -0.39 is 0 Å². The van der Waals surface area contributed by atoms with E-state index in [-0.39, 0.29) is 5.60 Å². The molecule has 2 rings (SSSR count). The monoisotopic (exact) mass is 301 g/mol. The fourth-order valence-corrected chi connectivity index (χ4v) is 2.93. The van der Waals surface area contributed by atoms with Crippen molar-refractivity contribution >= 4 is 23.2 Å². The molecule has 1 unspecified atom stereocenters. The number of halogens is 2. The van der Waals surface area contributed by atoms with Crippen LogP contribution in [0.5, 0.6) is 0 Å². The van der Waals surface area contributed by atoms with Crippen molar-refractivity contribution in [2.75, 3.05) is 13.1 Å². The van der Waals surface area contributed by atoms with Crippen LogP contribution in [0.15, 0.2) is 18.2 Å². The zero-order chi connectivity index (χ0) is 13.9. The Balaban J connectivity index is 1.70. The van der Waals surface area contributed by atoms with Crippen molar-refractivity contribution in [3.8, 4) is 0 Å². The van der Waals surface area contributed by atoms with Crippen LogP contribution in [0.25, 0.3) is 0 Å². The molecule has 1 aliphatic heterocycles. The van der Waals surface area contributed by atoms with Gasteiger partial charge in [-0.25, -0.2) is 0 Å². The maximum absolute atomic E-state index is 6.14. The van der Waals surface area contributed by atoms with Crippen LogP contribution in [-0.2, 0) is 11.2 Å². The number of rotatable bonds is 5. The van der Waals surface area contributed by atoms with E-state index in [1.54, 1.807) is 6.07 Å². The molecule has 0 radical (unpaired) electrons. The number of hydrogen-bond donors (Lipinski definition) is 1. The normalized spacial score (nSPS) is 21.8. The van der Waals surface area contributed by atoms with E-state index in [2.05, 4.69) is 19.2 Å². The summed E-state index contributed by atoms with van der Waals surface area (Å²) < 4.78 is 5.93. The topological polar surface area (TPSA) is 21.3 Å². The first kappa shape index (κ1) is 15.1. The summed E-state index contributed by atoms with van der Waals surface area (Å²) in [7, 11) is 0. The number of hydrogen-bond acceptors (Lipinski definition) is 2. The molecule has 0 saturated carbocycles. The highest BCUT2D eigenvalue weighted by molar-refractivity contribution is 6.35. The van der Waals surface area contributed by atoms with Gasteiger partial charge in [0.2, 0.25) is 0 Å². The van der Waals surface area contributed by atoms with Crippen LogP contribution >= 0.6 is 23.2 Å². The second kappa shape index (κ2) is 6.45. The Kier molecular flexibility index (Phi) is 5.13. The van der Waals surface area contributed by atoms with Crippen molar-refractivity contribution in [2.24, 2.45) is 0 Å². The van der Waals surface area contributed by atoms with Crippen LogP contribution < -0.4 is 5.32 Å². The van der Waals surface area contributed by atoms with E-state index in [1.165, 1.54) is 0 Å². The van der Waals surface area contributed by atoms with E-state index in [9.17, 15) is 0 Å². The van der Waals surface area contributed by atoms with Gasteiger partial charge in [0.05, 0.1) is 11.7 Å². The van der Waals surface area contributed by atoms with E-state index in [0.717, 1.165) is 42.9 Å². The minimum atomic E-state index is 0.0475. The van der Waals surface area contributed by atoms with E-state index >= 15 is 0 Å². The largest absolute Gasteiger partial charge is 0.371 e. The van der Waals surface area contributed by atoms with Crippen molar-refractivity contribution < 1.29 is 4.74 Å². The Morgan fingerprint density at radius 3 is 2.79 bits per heavy atom. The van der Waals surface area contributed by atoms with Crippen molar-refractivity contribution in [1.29, 1.82) is 0 Å². The lowest BCUT2D eigenvalue weighted by Crippen LogP contribution is -2.30. The SMILES string of the molecule is CC1(C)CCC(CNCCc2ccc(Cl)cc2Cl)O1.